The first-order valence-corrected chi connectivity index (χ1v) is 11.7. The van der Waals surface area contributed by atoms with Crippen LogP contribution in [0, 0.1) is 0 Å². The van der Waals surface area contributed by atoms with Crippen molar-refractivity contribution in [3.8, 4) is 23.0 Å². The number of methoxy groups -OCH3 is 1. The lowest BCUT2D eigenvalue weighted by Crippen LogP contribution is -2.18. The highest BCUT2D eigenvalue weighted by atomic mass is 79.9. The Morgan fingerprint density at radius 1 is 1.00 bits per heavy atom. The first-order chi connectivity index (χ1) is 16.0. The molecule has 0 spiro atoms. The van der Waals surface area contributed by atoms with Crippen molar-refractivity contribution in [1.29, 1.82) is 0 Å². The van der Waals surface area contributed by atoms with Crippen molar-refractivity contribution in [2.45, 2.75) is 25.6 Å². The van der Waals surface area contributed by atoms with Crippen LogP contribution in [0.2, 0.25) is 0 Å². The molecule has 182 valence electrons. The SMILES string of the molecule is COc1cc(CNC(C)c2ccccc2)cc(Br)c1OCC(O)c1ccc2c(c1)OCCO2.Cl. The lowest BCUT2D eigenvalue weighted by molar-refractivity contribution is 0.105. The topological polar surface area (TPSA) is 69.2 Å². The van der Waals surface area contributed by atoms with E-state index in [2.05, 4.69) is 40.3 Å². The summed E-state index contributed by atoms with van der Waals surface area (Å²) in [6.45, 7) is 3.90. The van der Waals surface area contributed by atoms with E-state index in [4.69, 9.17) is 18.9 Å². The van der Waals surface area contributed by atoms with E-state index < -0.39 is 6.10 Å². The normalized spacial score (nSPS) is 14.0. The number of hydrogen-bond acceptors (Lipinski definition) is 6. The van der Waals surface area contributed by atoms with Gasteiger partial charge in [0.05, 0.1) is 11.6 Å². The molecular weight excluding hydrogens is 522 g/mol. The van der Waals surface area contributed by atoms with Crippen molar-refractivity contribution in [2.75, 3.05) is 26.9 Å². The maximum atomic E-state index is 10.7. The predicted molar refractivity (Wildman–Crippen MR) is 138 cm³/mol. The van der Waals surface area contributed by atoms with Gasteiger partial charge in [-0.1, -0.05) is 36.4 Å². The monoisotopic (exact) mass is 549 g/mol. The Hall–Kier alpha value is -2.45. The molecule has 0 radical (unpaired) electrons. The van der Waals surface area contributed by atoms with Crippen LogP contribution >= 0.6 is 28.3 Å². The lowest BCUT2D eigenvalue weighted by atomic mass is 10.1. The molecule has 1 heterocycles. The van der Waals surface area contributed by atoms with Gasteiger partial charge in [0, 0.05) is 12.6 Å². The Morgan fingerprint density at radius 2 is 1.74 bits per heavy atom. The van der Waals surface area contributed by atoms with Crippen LogP contribution in [-0.4, -0.2) is 32.0 Å². The van der Waals surface area contributed by atoms with Gasteiger partial charge in [0.25, 0.3) is 0 Å². The standard InChI is InChI=1S/C26H28BrNO5.ClH/c1-17(19-6-4-3-5-7-19)28-15-18-12-21(27)26(25(13-18)30-2)33-16-22(29)20-8-9-23-24(14-20)32-11-10-31-23;/h3-9,12-14,17,22,28-29H,10-11,15-16H2,1-2H3;1H. The van der Waals surface area contributed by atoms with Gasteiger partial charge in [0.15, 0.2) is 23.0 Å². The number of hydrogen-bond donors (Lipinski definition) is 2. The summed E-state index contributed by atoms with van der Waals surface area (Å²) >= 11 is 3.60. The number of aliphatic hydroxyl groups is 1. The second kappa shape index (κ2) is 12.3. The third kappa shape index (κ3) is 6.36. The van der Waals surface area contributed by atoms with Crippen LogP contribution in [-0.2, 0) is 6.54 Å². The molecular formula is C26H29BrClNO5. The van der Waals surface area contributed by atoms with Crippen molar-refractivity contribution in [3.05, 3.63) is 81.8 Å². The molecule has 1 aliphatic rings. The van der Waals surface area contributed by atoms with E-state index in [0.29, 0.717) is 48.3 Å². The lowest BCUT2D eigenvalue weighted by Gasteiger charge is -2.21. The Morgan fingerprint density at radius 3 is 2.47 bits per heavy atom. The summed E-state index contributed by atoms with van der Waals surface area (Å²) in [5, 5.41) is 14.2. The van der Waals surface area contributed by atoms with E-state index in [9.17, 15) is 5.11 Å². The fraction of sp³-hybridized carbons (Fsp3) is 0.308. The molecule has 2 unspecified atom stereocenters. The maximum absolute atomic E-state index is 10.7. The minimum absolute atomic E-state index is 0. The number of fused-ring (bicyclic) bond motifs is 1. The van der Waals surface area contributed by atoms with Crippen LogP contribution in [0.25, 0.3) is 0 Å². The van der Waals surface area contributed by atoms with Crippen molar-refractivity contribution in [3.63, 3.8) is 0 Å². The minimum atomic E-state index is -0.828. The highest BCUT2D eigenvalue weighted by Gasteiger charge is 2.18. The smallest absolute Gasteiger partial charge is 0.175 e. The molecule has 0 fully saturated rings. The van der Waals surface area contributed by atoms with Crippen LogP contribution in [0.5, 0.6) is 23.0 Å². The molecule has 2 N–H and O–H groups in total. The Labute approximate surface area is 214 Å². The van der Waals surface area contributed by atoms with Gasteiger partial charge in [0.1, 0.15) is 25.9 Å². The molecule has 0 amide bonds. The van der Waals surface area contributed by atoms with E-state index in [-0.39, 0.29) is 25.1 Å². The molecule has 8 heteroatoms. The molecule has 3 aromatic carbocycles. The number of halogens is 2. The van der Waals surface area contributed by atoms with E-state index >= 15 is 0 Å². The van der Waals surface area contributed by atoms with Gasteiger partial charge in [-0.05, 0) is 63.8 Å². The molecule has 0 saturated carbocycles. The third-order valence-electron chi connectivity index (χ3n) is 5.54. The van der Waals surface area contributed by atoms with Crippen LogP contribution in [0.15, 0.2) is 65.1 Å². The van der Waals surface area contributed by atoms with Gasteiger partial charge in [-0.3, -0.25) is 0 Å². The summed E-state index contributed by atoms with van der Waals surface area (Å²) in [6, 6.07) is 19.9. The zero-order chi connectivity index (χ0) is 23.2. The van der Waals surface area contributed by atoms with Gasteiger partial charge in [-0.25, -0.2) is 0 Å². The van der Waals surface area contributed by atoms with Crippen LogP contribution < -0.4 is 24.3 Å². The van der Waals surface area contributed by atoms with Crippen molar-refractivity contribution in [1.82, 2.24) is 5.32 Å². The predicted octanol–water partition coefficient (Wildman–Crippen LogP) is 5.61. The summed E-state index contributed by atoms with van der Waals surface area (Å²) in [5.41, 5.74) is 2.99. The largest absolute Gasteiger partial charge is 0.493 e. The summed E-state index contributed by atoms with van der Waals surface area (Å²) in [7, 11) is 1.61. The molecule has 0 aliphatic carbocycles. The van der Waals surface area contributed by atoms with Crippen LogP contribution in [0.3, 0.4) is 0 Å². The van der Waals surface area contributed by atoms with Gasteiger partial charge < -0.3 is 29.4 Å². The van der Waals surface area contributed by atoms with Gasteiger partial charge in [0.2, 0.25) is 0 Å². The number of ether oxygens (including phenoxy) is 4. The first-order valence-electron chi connectivity index (χ1n) is 10.9. The number of aliphatic hydroxyl groups excluding tert-OH is 1. The third-order valence-corrected chi connectivity index (χ3v) is 6.13. The van der Waals surface area contributed by atoms with Crippen molar-refractivity contribution >= 4 is 28.3 Å². The molecule has 0 saturated heterocycles. The Kier molecular flexibility index (Phi) is 9.47. The second-order valence-corrected chi connectivity index (χ2v) is 8.71. The number of nitrogens with one attached hydrogen (secondary N) is 1. The summed E-state index contributed by atoms with van der Waals surface area (Å²) in [5.74, 6) is 2.48. The quantitative estimate of drug-likeness (QED) is 0.361. The average molecular weight is 551 g/mol. The molecule has 1 aliphatic heterocycles. The van der Waals surface area contributed by atoms with Crippen LogP contribution in [0.4, 0.5) is 0 Å². The molecule has 3 aromatic rings. The number of rotatable bonds is 9. The molecule has 2 atom stereocenters. The van der Waals surface area contributed by atoms with E-state index in [1.54, 1.807) is 13.2 Å². The summed E-state index contributed by atoms with van der Waals surface area (Å²) < 4.78 is 23.4. The Bertz CT molecular complexity index is 1080. The molecule has 4 rings (SSSR count). The average Bonchev–Trinajstić information content (AvgIpc) is 2.86. The Balaban J connectivity index is 0.00000324. The fourth-order valence-electron chi connectivity index (χ4n) is 3.67. The molecule has 6 nitrogen and oxygen atoms in total. The van der Waals surface area contributed by atoms with Gasteiger partial charge >= 0.3 is 0 Å². The molecule has 34 heavy (non-hydrogen) atoms. The van der Waals surface area contributed by atoms with Crippen molar-refractivity contribution in [2.24, 2.45) is 0 Å². The first kappa shape index (κ1) is 26.2. The maximum Gasteiger partial charge on any atom is 0.175 e. The zero-order valence-corrected chi connectivity index (χ0v) is 21.5. The van der Waals surface area contributed by atoms with Gasteiger partial charge in [-0.15, -0.1) is 12.4 Å². The highest BCUT2D eigenvalue weighted by Crippen LogP contribution is 2.38. The summed E-state index contributed by atoms with van der Waals surface area (Å²) in [4.78, 5) is 0. The van der Waals surface area contributed by atoms with Gasteiger partial charge in [-0.2, -0.15) is 0 Å². The second-order valence-electron chi connectivity index (χ2n) is 7.85. The molecule has 0 bridgehead atoms. The van der Waals surface area contributed by atoms with Crippen LogP contribution in [0.1, 0.15) is 35.8 Å². The van der Waals surface area contributed by atoms with E-state index in [1.807, 2.05) is 42.5 Å². The summed E-state index contributed by atoms with van der Waals surface area (Å²) in [6.07, 6.45) is -0.828. The van der Waals surface area contributed by atoms with E-state index in [0.717, 1.165) is 10.0 Å². The van der Waals surface area contributed by atoms with Crippen molar-refractivity contribution < 1.29 is 24.1 Å². The minimum Gasteiger partial charge on any atom is -0.493 e. The highest BCUT2D eigenvalue weighted by molar-refractivity contribution is 9.10. The molecule has 0 aromatic heterocycles. The zero-order valence-electron chi connectivity index (χ0n) is 19.1. The van der Waals surface area contributed by atoms with E-state index in [1.165, 1.54) is 5.56 Å². The fourth-order valence-corrected chi connectivity index (χ4v) is 4.28. The number of benzene rings is 3.